The van der Waals surface area contributed by atoms with E-state index in [1.165, 1.54) is 5.56 Å². The Labute approximate surface area is 166 Å². The lowest BCUT2D eigenvalue weighted by Crippen LogP contribution is -2.36. The molecule has 6 heteroatoms. The molecule has 1 aromatic carbocycles. The number of hydrogen-bond donors (Lipinski definition) is 1. The number of aromatic nitrogens is 1. The van der Waals surface area contributed by atoms with Crippen LogP contribution in [0.3, 0.4) is 0 Å². The van der Waals surface area contributed by atoms with Crippen molar-refractivity contribution in [1.82, 2.24) is 14.8 Å². The number of likely N-dealkylation sites (N-methyl/N-ethyl adjacent to an activating group) is 1. The van der Waals surface area contributed by atoms with E-state index in [-0.39, 0.29) is 6.54 Å². The third-order valence-electron chi connectivity index (χ3n) is 5.24. The Morgan fingerprint density at radius 2 is 2.04 bits per heavy atom. The molecule has 1 aromatic heterocycles. The van der Waals surface area contributed by atoms with Gasteiger partial charge in [-0.25, -0.2) is 0 Å². The topological polar surface area (TPSA) is 65.9 Å². The van der Waals surface area contributed by atoms with E-state index in [0.717, 1.165) is 50.3 Å². The predicted molar refractivity (Wildman–Crippen MR) is 108 cm³/mol. The average molecular weight is 383 g/mol. The Morgan fingerprint density at radius 1 is 1.21 bits per heavy atom. The summed E-state index contributed by atoms with van der Waals surface area (Å²) in [6, 6.07) is 14.4. The number of aliphatic carboxylic acids is 1. The van der Waals surface area contributed by atoms with Gasteiger partial charge in [-0.05, 0) is 69.2 Å². The summed E-state index contributed by atoms with van der Waals surface area (Å²) in [6.07, 6.45) is 4.93. The van der Waals surface area contributed by atoms with Gasteiger partial charge in [-0.1, -0.05) is 18.2 Å². The molecule has 1 N–H and O–H groups in total. The van der Waals surface area contributed by atoms with Gasteiger partial charge in [-0.15, -0.1) is 0 Å². The van der Waals surface area contributed by atoms with E-state index in [9.17, 15) is 4.79 Å². The van der Waals surface area contributed by atoms with E-state index in [1.807, 2.05) is 42.3 Å². The largest absolute Gasteiger partial charge is 0.487 e. The van der Waals surface area contributed by atoms with Crippen molar-refractivity contribution in [3.8, 4) is 5.75 Å². The summed E-state index contributed by atoms with van der Waals surface area (Å²) in [6.45, 7) is 3.54. The molecular formula is C22H29N3O3. The molecule has 0 saturated carbocycles. The Kier molecular flexibility index (Phi) is 7.39. The van der Waals surface area contributed by atoms with Crippen LogP contribution in [-0.2, 0) is 17.9 Å². The van der Waals surface area contributed by atoms with Crippen molar-refractivity contribution in [2.45, 2.75) is 38.5 Å². The molecule has 0 bridgehead atoms. The van der Waals surface area contributed by atoms with Gasteiger partial charge in [0.05, 0.1) is 12.2 Å². The standard InChI is InChI=1S/C22H29N3O3/c1-24(16-22(26)27)20-6-4-13-25(14-11-20)15-18-7-9-21(10-8-18)28-17-19-5-2-3-12-23-19/h2-3,5,7-10,12,20H,4,6,11,13-17H2,1H3,(H,26,27). The molecule has 1 aliphatic heterocycles. The fourth-order valence-electron chi connectivity index (χ4n) is 3.67. The van der Waals surface area contributed by atoms with Crippen LogP contribution in [0.2, 0.25) is 0 Å². The zero-order valence-corrected chi connectivity index (χ0v) is 16.5. The number of rotatable bonds is 8. The van der Waals surface area contributed by atoms with Crippen LogP contribution in [0.15, 0.2) is 48.7 Å². The molecule has 1 aliphatic rings. The van der Waals surface area contributed by atoms with Gasteiger partial charge < -0.3 is 9.84 Å². The molecule has 0 amide bonds. The van der Waals surface area contributed by atoms with Crippen molar-refractivity contribution in [2.24, 2.45) is 0 Å². The highest BCUT2D eigenvalue weighted by Gasteiger charge is 2.21. The molecule has 28 heavy (non-hydrogen) atoms. The summed E-state index contributed by atoms with van der Waals surface area (Å²) >= 11 is 0. The molecule has 1 saturated heterocycles. The first kappa shape index (κ1) is 20.3. The number of pyridine rings is 1. The molecular weight excluding hydrogens is 354 g/mol. The van der Waals surface area contributed by atoms with E-state index >= 15 is 0 Å². The van der Waals surface area contributed by atoms with E-state index < -0.39 is 5.97 Å². The number of nitrogens with zero attached hydrogens (tertiary/aromatic N) is 3. The summed E-state index contributed by atoms with van der Waals surface area (Å²) in [5, 5.41) is 8.99. The fraction of sp³-hybridized carbons (Fsp3) is 0.455. The Balaban J connectivity index is 1.46. The van der Waals surface area contributed by atoms with E-state index in [0.29, 0.717) is 12.6 Å². The zero-order valence-electron chi connectivity index (χ0n) is 16.5. The Hall–Kier alpha value is -2.44. The summed E-state index contributed by atoms with van der Waals surface area (Å²) in [4.78, 5) is 19.6. The van der Waals surface area contributed by atoms with Gasteiger partial charge in [0.2, 0.25) is 0 Å². The Morgan fingerprint density at radius 3 is 2.75 bits per heavy atom. The lowest BCUT2D eigenvalue weighted by molar-refractivity contribution is -0.138. The van der Waals surface area contributed by atoms with E-state index in [2.05, 4.69) is 22.0 Å². The van der Waals surface area contributed by atoms with Crippen LogP contribution < -0.4 is 4.74 Å². The maximum Gasteiger partial charge on any atom is 0.317 e. The number of carbonyl (C=O) groups is 1. The first-order valence-electron chi connectivity index (χ1n) is 9.86. The number of hydrogen-bond acceptors (Lipinski definition) is 5. The first-order chi connectivity index (χ1) is 13.6. The minimum absolute atomic E-state index is 0.116. The van der Waals surface area contributed by atoms with E-state index in [4.69, 9.17) is 9.84 Å². The first-order valence-corrected chi connectivity index (χ1v) is 9.86. The monoisotopic (exact) mass is 383 g/mol. The third-order valence-corrected chi connectivity index (χ3v) is 5.24. The van der Waals surface area contributed by atoms with Crippen molar-refractivity contribution in [2.75, 3.05) is 26.7 Å². The van der Waals surface area contributed by atoms with Crippen molar-refractivity contribution >= 4 is 5.97 Å². The number of ether oxygens (including phenoxy) is 1. The molecule has 2 aromatic rings. The van der Waals surface area contributed by atoms with Crippen molar-refractivity contribution in [3.63, 3.8) is 0 Å². The lowest BCUT2D eigenvalue weighted by Gasteiger charge is -2.25. The van der Waals surface area contributed by atoms with Gasteiger partial charge in [-0.2, -0.15) is 0 Å². The highest BCUT2D eigenvalue weighted by atomic mass is 16.5. The minimum Gasteiger partial charge on any atom is -0.487 e. The number of carboxylic acids is 1. The van der Waals surface area contributed by atoms with Gasteiger partial charge in [0.1, 0.15) is 12.4 Å². The zero-order chi connectivity index (χ0) is 19.8. The van der Waals surface area contributed by atoms with Crippen LogP contribution in [0, 0.1) is 0 Å². The van der Waals surface area contributed by atoms with Crippen molar-refractivity contribution < 1.29 is 14.6 Å². The van der Waals surface area contributed by atoms with Crippen molar-refractivity contribution in [1.29, 1.82) is 0 Å². The second-order valence-electron chi connectivity index (χ2n) is 7.42. The smallest absolute Gasteiger partial charge is 0.317 e. The maximum absolute atomic E-state index is 10.9. The minimum atomic E-state index is -0.756. The van der Waals surface area contributed by atoms with Gasteiger partial charge in [0.15, 0.2) is 0 Å². The summed E-state index contributed by atoms with van der Waals surface area (Å²) < 4.78 is 5.80. The number of likely N-dealkylation sites (tertiary alicyclic amines) is 1. The van der Waals surface area contributed by atoms with Crippen LogP contribution in [0.1, 0.15) is 30.5 Å². The second-order valence-corrected chi connectivity index (χ2v) is 7.42. The molecule has 0 radical (unpaired) electrons. The van der Waals surface area contributed by atoms with Gasteiger partial charge >= 0.3 is 5.97 Å². The number of benzene rings is 1. The fourth-order valence-corrected chi connectivity index (χ4v) is 3.67. The average Bonchev–Trinajstić information content (AvgIpc) is 2.93. The lowest BCUT2D eigenvalue weighted by atomic mass is 10.1. The van der Waals surface area contributed by atoms with Crippen LogP contribution in [0.25, 0.3) is 0 Å². The van der Waals surface area contributed by atoms with Crippen LogP contribution in [0.4, 0.5) is 0 Å². The third kappa shape index (κ3) is 6.32. The molecule has 1 unspecified atom stereocenters. The maximum atomic E-state index is 10.9. The molecule has 0 spiro atoms. The van der Waals surface area contributed by atoms with Gasteiger partial charge in [0, 0.05) is 18.8 Å². The molecule has 2 heterocycles. The summed E-state index contributed by atoms with van der Waals surface area (Å²) in [7, 11) is 1.91. The van der Waals surface area contributed by atoms with Crippen LogP contribution in [0.5, 0.6) is 5.75 Å². The highest BCUT2D eigenvalue weighted by Crippen LogP contribution is 2.19. The predicted octanol–water partition coefficient (Wildman–Crippen LogP) is 3.03. The van der Waals surface area contributed by atoms with Gasteiger partial charge in [0.25, 0.3) is 0 Å². The molecule has 150 valence electrons. The van der Waals surface area contributed by atoms with Gasteiger partial charge in [-0.3, -0.25) is 19.6 Å². The highest BCUT2D eigenvalue weighted by molar-refractivity contribution is 5.69. The molecule has 0 aliphatic carbocycles. The Bertz CT molecular complexity index is 736. The molecule has 3 rings (SSSR count). The number of carboxylic acid groups (broad SMARTS) is 1. The summed E-state index contributed by atoms with van der Waals surface area (Å²) in [5.41, 5.74) is 2.18. The SMILES string of the molecule is CN(CC(=O)O)C1CCCN(Cc2ccc(OCc3ccccn3)cc2)CC1. The van der Waals surface area contributed by atoms with E-state index in [1.54, 1.807) is 6.20 Å². The van der Waals surface area contributed by atoms with Crippen LogP contribution in [-0.4, -0.2) is 58.6 Å². The molecule has 1 fully saturated rings. The summed E-state index contributed by atoms with van der Waals surface area (Å²) in [5.74, 6) is 0.0922. The second kappa shape index (κ2) is 10.2. The quantitative estimate of drug-likeness (QED) is 0.756. The van der Waals surface area contributed by atoms with Crippen LogP contribution >= 0.6 is 0 Å². The normalized spacial score (nSPS) is 18.0. The molecule has 6 nitrogen and oxygen atoms in total. The van der Waals surface area contributed by atoms with Crippen molar-refractivity contribution in [3.05, 3.63) is 59.9 Å². The molecule has 1 atom stereocenters.